The fourth-order valence-electron chi connectivity index (χ4n) is 11.5. The van der Waals surface area contributed by atoms with Gasteiger partial charge in [-0.05, 0) is 112 Å². The van der Waals surface area contributed by atoms with E-state index >= 15 is 0 Å². The van der Waals surface area contributed by atoms with Crippen LogP contribution >= 0.6 is 0 Å². The lowest BCUT2D eigenvalue weighted by molar-refractivity contribution is 0.671. The Labute approximate surface area is 376 Å². The van der Waals surface area contributed by atoms with Gasteiger partial charge in [-0.25, -0.2) is 0 Å². The van der Waals surface area contributed by atoms with E-state index in [4.69, 9.17) is 4.42 Å². The number of para-hydroxylation sites is 4. The van der Waals surface area contributed by atoms with Crippen LogP contribution in [0.25, 0.3) is 93.9 Å². The van der Waals surface area contributed by atoms with Gasteiger partial charge in [0.2, 0.25) is 0 Å². The summed E-state index contributed by atoms with van der Waals surface area (Å²) in [7, 11) is 0. The van der Waals surface area contributed by atoms with Crippen molar-refractivity contribution in [1.82, 2.24) is 4.57 Å². The number of nitrogens with zero attached hydrogens (tertiary/aromatic N) is 2. The van der Waals surface area contributed by atoms with Crippen molar-refractivity contribution in [3.8, 4) is 50.2 Å². The van der Waals surface area contributed by atoms with E-state index < -0.39 is 0 Å². The minimum absolute atomic E-state index is 0.369. The van der Waals surface area contributed by atoms with E-state index in [2.05, 4.69) is 241 Å². The van der Waals surface area contributed by atoms with E-state index in [1.54, 1.807) is 0 Å². The zero-order valence-corrected chi connectivity index (χ0v) is 35.7. The first-order chi connectivity index (χ1) is 32.1. The van der Waals surface area contributed by atoms with Gasteiger partial charge in [-0.15, -0.1) is 0 Å². The molecule has 304 valence electrons. The van der Waals surface area contributed by atoms with E-state index in [1.807, 2.05) is 0 Å². The summed E-state index contributed by atoms with van der Waals surface area (Å²) in [5, 5.41) is 4.77. The van der Waals surface area contributed by atoms with Gasteiger partial charge in [-0.3, -0.25) is 0 Å². The number of furan rings is 1. The third kappa shape index (κ3) is 5.01. The molecule has 0 amide bonds. The van der Waals surface area contributed by atoms with E-state index in [0.717, 1.165) is 55.6 Å². The Morgan fingerprint density at radius 2 is 0.938 bits per heavy atom. The van der Waals surface area contributed by atoms with Crippen LogP contribution in [0, 0.1) is 0 Å². The highest BCUT2D eigenvalue weighted by molar-refractivity contribution is 6.16. The molecule has 2 aliphatic rings. The second kappa shape index (κ2) is 13.6. The molecule has 3 heterocycles. The van der Waals surface area contributed by atoms with E-state index in [0.29, 0.717) is 0 Å². The molecule has 0 N–H and O–H groups in total. The van der Waals surface area contributed by atoms with Gasteiger partial charge in [-0.2, -0.15) is 0 Å². The number of benzene rings is 10. The Hall–Kier alpha value is -8.40. The molecule has 2 aromatic heterocycles. The monoisotopic (exact) mass is 828 g/mol. The van der Waals surface area contributed by atoms with Gasteiger partial charge < -0.3 is 13.9 Å². The van der Waals surface area contributed by atoms with Crippen LogP contribution in [0.2, 0.25) is 0 Å². The lowest BCUT2D eigenvalue weighted by atomic mass is 9.70. The molecule has 10 aromatic carbocycles. The third-order valence-corrected chi connectivity index (χ3v) is 14.4. The van der Waals surface area contributed by atoms with Crippen molar-refractivity contribution >= 4 is 60.8 Å². The van der Waals surface area contributed by atoms with Crippen molar-refractivity contribution in [2.75, 3.05) is 4.90 Å². The Morgan fingerprint density at radius 1 is 0.369 bits per heavy atom. The largest absolute Gasteiger partial charge is 0.455 e. The number of fused-ring (bicyclic) bond motifs is 11. The van der Waals surface area contributed by atoms with Crippen LogP contribution in [0.3, 0.4) is 0 Å². The summed E-state index contributed by atoms with van der Waals surface area (Å²) in [6.45, 7) is 2.45. The summed E-state index contributed by atoms with van der Waals surface area (Å²) in [6, 6.07) is 82.0. The van der Waals surface area contributed by atoms with Crippen molar-refractivity contribution in [3.05, 3.63) is 241 Å². The van der Waals surface area contributed by atoms with Crippen LogP contribution in [0.1, 0.15) is 23.6 Å². The quantitative estimate of drug-likeness (QED) is 0.172. The number of anilines is 3. The zero-order chi connectivity index (χ0) is 42.8. The van der Waals surface area contributed by atoms with Crippen LogP contribution < -0.4 is 4.90 Å². The molecule has 1 unspecified atom stereocenters. The highest BCUT2D eigenvalue weighted by Gasteiger charge is 2.48. The summed E-state index contributed by atoms with van der Waals surface area (Å²) < 4.78 is 9.26. The average molecular weight is 829 g/mol. The predicted molar refractivity (Wildman–Crippen MR) is 270 cm³/mol. The van der Waals surface area contributed by atoms with Gasteiger partial charge in [0.1, 0.15) is 11.2 Å². The molecule has 0 fully saturated rings. The molecule has 1 aliphatic heterocycles. The first-order valence-corrected chi connectivity index (χ1v) is 22.5. The van der Waals surface area contributed by atoms with Crippen LogP contribution in [0.15, 0.2) is 229 Å². The van der Waals surface area contributed by atoms with Crippen LogP contribution in [-0.2, 0) is 5.41 Å². The molecule has 0 bridgehead atoms. The highest BCUT2D eigenvalue weighted by atomic mass is 16.3. The van der Waals surface area contributed by atoms with Gasteiger partial charge in [0, 0.05) is 49.5 Å². The van der Waals surface area contributed by atoms with E-state index in [1.165, 1.54) is 72.1 Å². The van der Waals surface area contributed by atoms with Gasteiger partial charge in [-0.1, -0.05) is 170 Å². The average Bonchev–Trinajstić information content (AvgIpc) is 4.02. The first-order valence-electron chi connectivity index (χ1n) is 22.5. The second-order valence-electron chi connectivity index (χ2n) is 17.7. The Morgan fingerprint density at radius 3 is 1.72 bits per heavy atom. The van der Waals surface area contributed by atoms with Gasteiger partial charge >= 0.3 is 0 Å². The second-order valence-corrected chi connectivity index (χ2v) is 17.7. The number of aromatic nitrogens is 1. The SMILES string of the molecule is CC12c3ccccc3-c3cccc(c31)N(c1ccc(-c3cccc4c3oc3c(-c5ccccc5)cccc34)cc1)c1ccc(-c3cccc4c3c3ccccc3n4-c3ccccc3)cc12. The molecule has 0 saturated heterocycles. The van der Waals surface area contributed by atoms with Crippen LogP contribution in [-0.4, -0.2) is 4.57 Å². The molecule has 3 nitrogen and oxygen atoms in total. The first kappa shape index (κ1) is 36.1. The topological polar surface area (TPSA) is 21.3 Å². The maximum Gasteiger partial charge on any atom is 0.143 e. The Balaban J connectivity index is 0.948. The highest BCUT2D eigenvalue weighted by Crippen LogP contribution is 2.62. The summed E-state index contributed by atoms with van der Waals surface area (Å²) in [6.07, 6.45) is 0. The van der Waals surface area contributed by atoms with Crippen molar-refractivity contribution < 1.29 is 4.42 Å². The Bertz CT molecular complexity index is 3900. The molecule has 1 aliphatic carbocycles. The fraction of sp³-hybridized carbons (Fsp3) is 0.0323. The maximum absolute atomic E-state index is 6.85. The smallest absolute Gasteiger partial charge is 0.143 e. The van der Waals surface area contributed by atoms with Crippen molar-refractivity contribution in [2.24, 2.45) is 0 Å². The molecule has 65 heavy (non-hydrogen) atoms. The maximum atomic E-state index is 6.85. The van der Waals surface area contributed by atoms with E-state index in [-0.39, 0.29) is 5.41 Å². The summed E-state index contributed by atoms with van der Waals surface area (Å²) in [4.78, 5) is 2.49. The van der Waals surface area contributed by atoms with E-state index in [9.17, 15) is 0 Å². The van der Waals surface area contributed by atoms with Crippen molar-refractivity contribution in [2.45, 2.75) is 12.3 Å². The molecule has 12 aromatic rings. The number of hydrogen-bond acceptors (Lipinski definition) is 2. The molecule has 3 heteroatoms. The number of hydrogen-bond donors (Lipinski definition) is 0. The summed E-state index contributed by atoms with van der Waals surface area (Å²) >= 11 is 0. The third-order valence-electron chi connectivity index (χ3n) is 14.4. The normalized spacial score (nSPS) is 14.9. The van der Waals surface area contributed by atoms with Gasteiger partial charge in [0.25, 0.3) is 0 Å². The zero-order valence-electron chi connectivity index (χ0n) is 35.7. The molecule has 0 saturated carbocycles. The fourth-order valence-corrected chi connectivity index (χ4v) is 11.5. The lowest BCUT2D eigenvalue weighted by Crippen LogP contribution is -2.32. The Kier molecular flexibility index (Phi) is 7.53. The van der Waals surface area contributed by atoms with Gasteiger partial charge in [0.05, 0.1) is 22.4 Å². The molecule has 14 rings (SSSR count). The predicted octanol–water partition coefficient (Wildman–Crippen LogP) is 16.8. The summed E-state index contributed by atoms with van der Waals surface area (Å²) in [5.41, 5.74) is 22.1. The lowest BCUT2D eigenvalue weighted by Gasteiger charge is -2.42. The molecular formula is C62H40N2O. The summed E-state index contributed by atoms with van der Waals surface area (Å²) in [5.74, 6) is 0. The van der Waals surface area contributed by atoms with Crippen LogP contribution in [0.4, 0.5) is 17.1 Å². The minimum Gasteiger partial charge on any atom is -0.455 e. The molecule has 0 spiro atoms. The van der Waals surface area contributed by atoms with Crippen molar-refractivity contribution in [3.63, 3.8) is 0 Å². The molecule has 0 radical (unpaired) electrons. The number of rotatable bonds is 5. The minimum atomic E-state index is -0.369. The van der Waals surface area contributed by atoms with Gasteiger partial charge in [0.15, 0.2) is 0 Å². The van der Waals surface area contributed by atoms with Crippen molar-refractivity contribution in [1.29, 1.82) is 0 Å². The van der Waals surface area contributed by atoms with Crippen LogP contribution in [0.5, 0.6) is 0 Å². The standard InChI is InChI=1S/C62H40N2O/c1-62-52-28-10-8-20-47(52)48-25-15-31-57(59(48)62)64(43-35-32-40(33-36-43)46-24-13-27-50-49-26-12-23-45(60(49)65-61(46)50)39-16-4-2-5-17-39)55-37-34-41(38-53(55)62)44-22-14-30-56-58(44)51-21-9-11-29-54(51)63(56)42-18-6-3-7-19-42/h2-38H,1H3. The molecular weight excluding hydrogens is 789 g/mol. The molecule has 1 atom stereocenters.